The van der Waals surface area contributed by atoms with Gasteiger partial charge in [0, 0.05) is 17.0 Å². The van der Waals surface area contributed by atoms with Crippen molar-refractivity contribution in [2.24, 2.45) is 0 Å². The van der Waals surface area contributed by atoms with Crippen molar-refractivity contribution in [1.82, 2.24) is 10.3 Å². The molecule has 2 rings (SSSR count). The second kappa shape index (κ2) is 4.94. The molecule has 4 heteroatoms. The van der Waals surface area contributed by atoms with E-state index in [9.17, 15) is 4.39 Å². The quantitative estimate of drug-likeness (QED) is 0.901. The van der Waals surface area contributed by atoms with Crippen LogP contribution in [0.15, 0.2) is 23.6 Å². The van der Waals surface area contributed by atoms with Crippen molar-refractivity contribution in [2.75, 3.05) is 7.05 Å². The molecule has 2 aromatic rings. The lowest BCUT2D eigenvalue weighted by Crippen LogP contribution is -2.12. The highest BCUT2D eigenvalue weighted by atomic mass is 32.1. The van der Waals surface area contributed by atoms with Crippen molar-refractivity contribution in [3.63, 3.8) is 0 Å². The summed E-state index contributed by atoms with van der Waals surface area (Å²) in [7, 11) is 1.91. The molecule has 0 aliphatic carbocycles. The van der Waals surface area contributed by atoms with Gasteiger partial charge in [-0.1, -0.05) is 0 Å². The van der Waals surface area contributed by atoms with Gasteiger partial charge in [0.2, 0.25) is 0 Å². The van der Waals surface area contributed by atoms with E-state index in [4.69, 9.17) is 0 Å². The van der Waals surface area contributed by atoms with E-state index in [0.717, 1.165) is 21.8 Å². The predicted octanol–water partition coefficient (Wildman–Crippen LogP) is 3.54. The highest BCUT2D eigenvalue weighted by Gasteiger charge is 2.11. The zero-order valence-corrected chi connectivity index (χ0v) is 10.9. The first-order valence-corrected chi connectivity index (χ1v) is 6.39. The maximum atomic E-state index is 13.0. The summed E-state index contributed by atoms with van der Waals surface area (Å²) < 4.78 is 13.0. The van der Waals surface area contributed by atoms with Crippen molar-refractivity contribution in [3.8, 4) is 10.6 Å². The number of nitrogens with one attached hydrogen (secondary N) is 1. The van der Waals surface area contributed by atoms with Gasteiger partial charge < -0.3 is 5.32 Å². The summed E-state index contributed by atoms with van der Waals surface area (Å²) in [6.45, 7) is 3.97. The maximum Gasteiger partial charge on any atom is 0.123 e. The summed E-state index contributed by atoms with van der Waals surface area (Å²) in [6, 6.07) is 5.04. The van der Waals surface area contributed by atoms with E-state index in [1.807, 2.05) is 19.4 Å². The van der Waals surface area contributed by atoms with Crippen LogP contribution >= 0.6 is 11.3 Å². The molecule has 0 spiro atoms. The van der Waals surface area contributed by atoms with Gasteiger partial charge in [0.15, 0.2) is 0 Å². The van der Waals surface area contributed by atoms with Crippen LogP contribution < -0.4 is 5.32 Å². The zero-order valence-electron chi connectivity index (χ0n) is 10.1. The lowest BCUT2D eigenvalue weighted by molar-refractivity contribution is 0.626. The van der Waals surface area contributed by atoms with Crippen LogP contribution in [0.5, 0.6) is 0 Å². The molecule has 1 aromatic carbocycles. The fourth-order valence-electron chi connectivity index (χ4n) is 1.62. The highest BCUT2D eigenvalue weighted by Crippen LogP contribution is 2.28. The fraction of sp³-hybridized carbons (Fsp3) is 0.308. The van der Waals surface area contributed by atoms with Crippen LogP contribution in [0.4, 0.5) is 4.39 Å². The van der Waals surface area contributed by atoms with Gasteiger partial charge >= 0.3 is 0 Å². The Hall–Kier alpha value is -1.26. The molecule has 1 N–H and O–H groups in total. The fourth-order valence-corrected chi connectivity index (χ4v) is 2.63. The van der Waals surface area contributed by atoms with E-state index in [2.05, 4.69) is 17.2 Å². The molecule has 0 fully saturated rings. The first-order chi connectivity index (χ1) is 8.11. The Labute approximate surface area is 105 Å². The molecule has 90 valence electrons. The number of nitrogens with zero attached hydrogens (tertiary/aromatic N) is 1. The van der Waals surface area contributed by atoms with Crippen molar-refractivity contribution >= 4 is 11.3 Å². The van der Waals surface area contributed by atoms with Gasteiger partial charge in [0.05, 0.1) is 5.69 Å². The monoisotopic (exact) mass is 250 g/mol. The third kappa shape index (κ3) is 2.53. The standard InChI is InChI=1S/C13H15FN2S/c1-8-6-10(14)4-5-11(8)13-16-12(7-17-13)9(2)15-3/h4-7,9,15H,1-3H3. The minimum absolute atomic E-state index is 0.202. The van der Waals surface area contributed by atoms with Crippen LogP contribution in [0.3, 0.4) is 0 Å². The number of benzene rings is 1. The summed E-state index contributed by atoms with van der Waals surface area (Å²) in [5, 5.41) is 6.14. The van der Waals surface area contributed by atoms with Crippen molar-refractivity contribution in [2.45, 2.75) is 19.9 Å². The van der Waals surface area contributed by atoms with Crippen molar-refractivity contribution in [1.29, 1.82) is 0 Å². The second-order valence-electron chi connectivity index (χ2n) is 4.05. The molecule has 0 radical (unpaired) electrons. The minimum Gasteiger partial charge on any atom is -0.312 e. The molecular weight excluding hydrogens is 235 g/mol. The number of hydrogen-bond donors (Lipinski definition) is 1. The van der Waals surface area contributed by atoms with Gasteiger partial charge in [-0.3, -0.25) is 0 Å². The first-order valence-electron chi connectivity index (χ1n) is 5.51. The Morgan fingerprint density at radius 2 is 2.18 bits per heavy atom. The Bertz CT molecular complexity index is 522. The average molecular weight is 250 g/mol. The Balaban J connectivity index is 2.37. The Morgan fingerprint density at radius 3 is 2.82 bits per heavy atom. The zero-order chi connectivity index (χ0) is 12.4. The summed E-state index contributed by atoms with van der Waals surface area (Å²) in [4.78, 5) is 4.58. The third-order valence-corrected chi connectivity index (χ3v) is 3.71. The van der Waals surface area contributed by atoms with Gasteiger partial charge in [-0.25, -0.2) is 9.37 Å². The van der Waals surface area contributed by atoms with E-state index in [-0.39, 0.29) is 11.9 Å². The second-order valence-corrected chi connectivity index (χ2v) is 4.91. The number of aromatic nitrogens is 1. The highest BCUT2D eigenvalue weighted by molar-refractivity contribution is 7.13. The van der Waals surface area contributed by atoms with Crippen molar-refractivity contribution < 1.29 is 4.39 Å². The molecule has 1 aromatic heterocycles. The van der Waals surface area contributed by atoms with Crippen LogP contribution in [0, 0.1) is 12.7 Å². The molecule has 0 amide bonds. The molecule has 1 atom stereocenters. The van der Waals surface area contributed by atoms with Crippen LogP contribution in [-0.2, 0) is 0 Å². The summed E-state index contributed by atoms with van der Waals surface area (Å²) in [5.41, 5.74) is 2.95. The van der Waals surface area contributed by atoms with E-state index in [0.29, 0.717) is 0 Å². The molecule has 0 bridgehead atoms. The van der Waals surface area contributed by atoms with Crippen LogP contribution in [0.2, 0.25) is 0 Å². The largest absolute Gasteiger partial charge is 0.312 e. The molecule has 1 heterocycles. The molecule has 0 aliphatic heterocycles. The van der Waals surface area contributed by atoms with E-state index in [1.54, 1.807) is 17.4 Å². The maximum absolute atomic E-state index is 13.0. The molecule has 0 saturated heterocycles. The van der Waals surface area contributed by atoms with E-state index < -0.39 is 0 Å². The van der Waals surface area contributed by atoms with Gasteiger partial charge in [-0.05, 0) is 44.7 Å². The molecular formula is C13H15FN2S. The summed E-state index contributed by atoms with van der Waals surface area (Å²) in [6.07, 6.45) is 0. The predicted molar refractivity (Wildman–Crippen MR) is 69.7 cm³/mol. The van der Waals surface area contributed by atoms with Crippen LogP contribution in [-0.4, -0.2) is 12.0 Å². The molecule has 17 heavy (non-hydrogen) atoms. The molecule has 0 saturated carbocycles. The minimum atomic E-state index is -0.202. The van der Waals surface area contributed by atoms with E-state index >= 15 is 0 Å². The number of halogens is 1. The van der Waals surface area contributed by atoms with Crippen LogP contribution in [0.1, 0.15) is 24.2 Å². The number of rotatable bonds is 3. The van der Waals surface area contributed by atoms with Gasteiger partial charge in [0.25, 0.3) is 0 Å². The molecule has 2 nitrogen and oxygen atoms in total. The lowest BCUT2D eigenvalue weighted by Gasteiger charge is -2.05. The SMILES string of the molecule is CNC(C)c1csc(-c2ccc(F)cc2C)n1. The summed E-state index contributed by atoms with van der Waals surface area (Å²) in [5.74, 6) is -0.202. The third-order valence-electron chi connectivity index (χ3n) is 2.82. The average Bonchev–Trinajstić information content (AvgIpc) is 2.77. The topological polar surface area (TPSA) is 24.9 Å². The number of aryl methyl sites for hydroxylation is 1. The smallest absolute Gasteiger partial charge is 0.123 e. The van der Waals surface area contributed by atoms with E-state index in [1.165, 1.54) is 12.1 Å². The normalized spacial score (nSPS) is 12.7. The first kappa shape index (κ1) is 12.2. The van der Waals surface area contributed by atoms with Gasteiger partial charge in [0.1, 0.15) is 10.8 Å². The lowest BCUT2D eigenvalue weighted by atomic mass is 10.1. The van der Waals surface area contributed by atoms with Gasteiger partial charge in [-0.15, -0.1) is 11.3 Å². The Morgan fingerprint density at radius 1 is 1.41 bits per heavy atom. The summed E-state index contributed by atoms with van der Waals surface area (Å²) >= 11 is 1.59. The van der Waals surface area contributed by atoms with Gasteiger partial charge in [-0.2, -0.15) is 0 Å². The molecule has 0 aliphatic rings. The Kier molecular flexibility index (Phi) is 3.54. The van der Waals surface area contributed by atoms with Crippen molar-refractivity contribution in [3.05, 3.63) is 40.7 Å². The molecule has 1 unspecified atom stereocenters. The number of hydrogen-bond acceptors (Lipinski definition) is 3. The number of thiazole rings is 1. The van der Waals surface area contributed by atoms with Crippen LogP contribution in [0.25, 0.3) is 10.6 Å².